The third-order valence-corrected chi connectivity index (χ3v) is 4.65. The Labute approximate surface area is 177 Å². The van der Waals surface area contributed by atoms with Crippen LogP contribution in [0.3, 0.4) is 0 Å². The molecule has 1 amide bonds. The average molecular weight is 460 g/mol. The number of nitrogens with one attached hydrogen (secondary N) is 1. The van der Waals surface area contributed by atoms with Gasteiger partial charge in [0.05, 0.1) is 11.6 Å². The smallest absolute Gasteiger partial charge is 0.266 e. The predicted octanol–water partition coefficient (Wildman–Crippen LogP) is 4.98. The lowest BCUT2D eigenvalue weighted by Crippen LogP contribution is -2.13. The molecule has 2 aromatic rings. The molecular weight excluding hydrogens is 444 g/mol. The Morgan fingerprint density at radius 2 is 2.14 bits per heavy atom. The summed E-state index contributed by atoms with van der Waals surface area (Å²) in [5.74, 6) is 2.68. The Bertz CT molecular complexity index is 1020. The van der Waals surface area contributed by atoms with E-state index in [-0.39, 0.29) is 12.2 Å². The Hall–Kier alpha value is -2.93. The second kappa shape index (κ2) is 9.85. The zero-order valence-electron chi connectivity index (χ0n) is 15.2. The molecule has 0 bridgehead atoms. The second-order valence-corrected chi connectivity index (χ2v) is 6.88. The van der Waals surface area contributed by atoms with Crippen molar-refractivity contribution < 1.29 is 14.3 Å². The highest BCUT2D eigenvalue weighted by molar-refractivity contribution is 9.10. The Morgan fingerprint density at radius 1 is 1.39 bits per heavy atom. The fourth-order valence-electron chi connectivity index (χ4n) is 2.26. The summed E-state index contributed by atoms with van der Waals surface area (Å²) in [6.45, 7) is 1.94. The van der Waals surface area contributed by atoms with E-state index in [9.17, 15) is 10.1 Å². The van der Waals surface area contributed by atoms with Crippen molar-refractivity contribution in [1.82, 2.24) is 0 Å². The third-order valence-electron chi connectivity index (χ3n) is 3.66. The summed E-state index contributed by atoms with van der Waals surface area (Å²) in [5.41, 5.74) is 1.88. The largest absolute Gasteiger partial charge is 0.493 e. The van der Waals surface area contributed by atoms with Crippen molar-refractivity contribution in [1.29, 1.82) is 5.26 Å². The lowest BCUT2D eigenvalue weighted by molar-refractivity contribution is -0.112. The van der Waals surface area contributed by atoms with Gasteiger partial charge in [0.15, 0.2) is 11.5 Å². The number of anilines is 1. The molecule has 28 heavy (non-hydrogen) atoms. The van der Waals surface area contributed by atoms with E-state index in [0.717, 1.165) is 5.56 Å². The normalized spacial score (nSPS) is 10.6. The van der Waals surface area contributed by atoms with Crippen LogP contribution in [0.25, 0.3) is 6.08 Å². The molecule has 0 aliphatic rings. The van der Waals surface area contributed by atoms with Gasteiger partial charge in [0.1, 0.15) is 18.2 Å². The first-order chi connectivity index (χ1) is 13.4. The maximum absolute atomic E-state index is 12.5. The van der Waals surface area contributed by atoms with E-state index in [2.05, 4.69) is 27.2 Å². The predicted molar refractivity (Wildman–Crippen MR) is 113 cm³/mol. The number of aryl methyl sites for hydroxylation is 1. The summed E-state index contributed by atoms with van der Waals surface area (Å²) in [4.78, 5) is 12.5. The zero-order chi connectivity index (χ0) is 20.7. The topological polar surface area (TPSA) is 71.3 Å². The van der Waals surface area contributed by atoms with Crippen LogP contribution < -0.4 is 14.8 Å². The maximum atomic E-state index is 12.5. The number of hydrogen-bond donors (Lipinski definition) is 1. The van der Waals surface area contributed by atoms with Crippen LogP contribution in [0.4, 0.5) is 5.69 Å². The minimum absolute atomic E-state index is 0.0785. The first-order valence-corrected chi connectivity index (χ1v) is 9.19. The highest BCUT2D eigenvalue weighted by Crippen LogP contribution is 2.37. The van der Waals surface area contributed by atoms with E-state index in [1.165, 1.54) is 13.2 Å². The molecule has 0 saturated carbocycles. The minimum atomic E-state index is -0.551. The van der Waals surface area contributed by atoms with E-state index in [1.807, 2.05) is 13.0 Å². The van der Waals surface area contributed by atoms with Gasteiger partial charge in [-0.1, -0.05) is 23.6 Å². The van der Waals surface area contributed by atoms with Crippen LogP contribution in [0.2, 0.25) is 5.02 Å². The Kier molecular flexibility index (Phi) is 7.52. The Morgan fingerprint density at radius 3 is 2.75 bits per heavy atom. The van der Waals surface area contributed by atoms with Gasteiger partial charge in [-0.25, -0.2) is 0 Å². The Balaban J connectivity index is 2.31. The van der Waals surface area contributed by atoms with Gasteiger partial charge in [-0.05, 0) is 64.3 Å². The van der Waals surface area contributed by atoms with E-state index in [0.29, 0.717) is 32.2 Å². The molecule has 0 radical (unpaired) electrons. The molecule has 0 aliphatic carbocycles. The van der Waals surface area contributed by atoms with Crippen molar-refractivity contribution in [2.45, 2.75) is 6.92 Å². The molecule has 0 fully saturated rings. The number of benzene rings is 2. The molecule has 0 atom stereocenters. The van der Waals surface area contributed by atoms with E-state index in [1.54, 1.807) is 30.3 Å². The fraction of sp³-hybridized carbons (Fsp3) is 0.143. The van der Waals surface area contributed by atoms with Gasteiger partial charge in [0.25, 0.3) is 5.91 Å². The fourth-order valence-corrected chi connectivity index (χ4v) is 3.02. The standard InChI is InChI=1S/C21H16BrClN2O3/c1-4-7-28-20-17(22)9-14(10-19(20)27-3)8-15(12-24)21(26)25-16-6-5-13(2)18(23)11-16/h1,5-6,8-11H,7H2,2-3H3,(H,25,26)/b15-8-. The number of hydrogen-bond acceptors (Lipinski definition) is 4. The lowest BCUT2D eigenvalue weighted by Gasteiger charge is -2.12. The number of nitrogens with zero attached hydrogens (tertiary/aromatic N) is 1. The molecule has 7 heteroatoms. The first-order valence-electron chi connectivity index (χ1n) is 8.02. The van der Waals surface area contributed by atoms with Crippen molar-refractivity contribution in [3.8, 4) is 29.9 Å². The quantitative estimate of drug-likeness (QED) is 0.376. The molecule has 1 N–H and O–H groups in total. The maximum Gasteiger partial charge on any atom is 0.266 e. The van der Waals surface area contributed by atoms with E-state index >= 15 is 0 Å². The van der Waals surface area contributed by atoms with Gasteiger partial charge >= 0.3 is 0 Å². The van der Waals surface area contributed by atoms with Gasteiger partial charge in [-0.2, -0.15) is 5.26 Å². The van der Waals surface area contributed by atoms with Crippen LogP contribution in [0.1, 0.15) is 11.1 Å². The van der Waals surface area contributed by atoms with Crippen molar-refractivity contribution in [3.05, 3.63) is 56.5 Å². The molecule has 0 aromatic heterocycles. The third kappa shape index (κ3) is 5.29. The zero-order valence-corrected chi connectivity index (χ0v) is 17.5. The van der Waals surface area contributed by atoms with Crippen LogP contribution in [0.15, 0.2) is 40.4 Å². The number of terminal acetylenes is 1. The van der Waals surface area contributed by atoms with Crippen molar-refractivity contribution in [2.24, 2.45) is 0 Å². The van der Waals surface area contributed by atoms with E-state index < -0.39 is 5.91 Å². The number of nitriles is 1. The highest BCUT2D eigenvalue weighted by atomic mass is 79.9. The average Bonchev–Trinajstić information content (AvgIpc) is 2.67. The van der Waals surface area contributed by atoms with Gasteiger partial charge in [-0.15, -0.1) is 6.42 Å². The number of amides is 1. The van der Waals surface area contributed by atoms with Gasteiger partial charge in [-0.3, -0.25) is 4.79 Å². The first kappa shape index (κ1) is 21.4. The summed E-state index contributed by atoms with van der Waals surface area (Å²) >= 11 is 9.45. The molecular formula is C21H16BrClN2O3. The number of methoxy groups -OCH3 is 1. The molecule has 2 aromatic carbocycles. The molecule has 0 heterocycles. The molecule has 0 unspecified atom stereocenters. The van der Waals surface area contributed by atoms with Crippen LogP contribution in [0.5, 0.6) is 11.5 Å². The van der Waals surface area contributed by atoms with Crippen molar-refractivity contribution >= 4 is 45.2 Å². The van der Waals surface area contributed by atoms with Gasteiger partial charge in [0.2, 0.25) is 0 Å². The summed E-state index contributed by atoms with van der Waals surface area (Å²) < 4.78 is 11.3. The minimum Gasteiger partial charge on any atom is -0.493 e. The number of carbonyl (C=O) groups is 1. The van der Waals surface area contributed by atoms with Crippen molar-refractivity contribution in [2.75, 3.05) is 19.0 Å². The van der Waals surface area contributed by atoms with Crippen molar-refractivity contribution in [3.63, 3.8) is 0 Å². The molecule has 5 nitrogen and oxygen atoms in total. The van der Waals surface area contributed by atoms with Gasteiger partial charge < -0.3 is 14.8 Å². The number of halogens is 2. The lowest BCUT2D eigenvalue weighted by atomic mass is 10.1. The summed E-state index contributed by atoms with van der Waals surface area (Å²) in [6, 6.07) is 10.4. The molecule has 0 aliphatic heterocycles. The monoisotopic (exact) mass is 458 g/mol. The molecule has 0 saturated heterocycles. The SMILES string of the molecule is C#CCOc1c(Br)cc(/C=C(/C#N)C(=O)Nc2ccc(C)c(Cl)c2)cc1OC. The number of rotatable bonds is 6. The number of ether oxygens (including phenoxy) is 2. The molecule has 0 spiro atoms. The second-order valence-electron chi connectivity index (χ2n) is 5.61. The van der Waals surface area contributed by atoms with E-state index in [4.69, 9.17) is 27.5 Å². The number of carbonyl (C=O) groups excluding carboxylic acids is 1. The van der Waals surface area contributed by atoms with Crippen LogP contribution >= 0.6 is 27.5 Å². The summed E-state index contributed by atoms with van der Waals surface area (Å²) in [5, 5.41) is 12.6. The van der Waals surface area contributed by atoms with Gasteiger partial charge in [0, 0.05) is 10.7 Å². The molecule has 2 rings (SSSR count). The summed E-state index contributed by atoms with van der Waals surface area (Å²) in [6.07, 6.45) is 6.66. The van der Waals surface area contributed by atoms with Crippen LogP contribution in [-0.2, 0) is 4.79 Å². The van der Waals surface area contributed by atoms with Crippen LogP contribution in [-0.4, -0.2) is 19.6 Å². The van der Waals surface area contributed by atoms with Crippen LogP contribution in [0, 0.1) is 30.6 Å². The highest BCUT2D eigenvalue weighted by Gasteiger charge is 2.14. The molecule has 142 valence electrons. The summed E-state index contributed by atoms with van der Waals surface area (Å²) in [7, 11) is 1.48.